The molecule has 0 unspecified atom stereocenters. The molecule has 2 aromatic carbocycles. The third-order valence-corrected chi connectivity index (χ3v) is 6.86. The van der Waals surface area contributed by atoms with Crippen LogP contribution in [0.5, 0.6) is 0 Å². The van der Waals surface area contributed by atoms with Gasteiger partial charge in [-0.1, -0.05) is 30.7 Å². The van der Waals surface area contributed by atoms with Gasteiger partial charge in [0.2, 0.25) is 15.9 Å². The fraction of sp³-hybridized carbons (Fsp3) is 0.278. The summed E-state index contributed by atoms with van der Waals surface area (Å²) in [7, 11) is -3.69. The number of benzene rings is 2. The van der Waals surface area contributed by atoms with Gasteiger partial charge in [0, 0.05) is 35.2 Å². The van der Waals surface area contributed by atoms with Crippen molar-refractivity contribution >= 4 is 45.0 Å². The van der Waals surface area contributed by atoms with Gasteiger partial charge in [-0.3, -0.25) is 4.79 Å². The number of nitrogens with one attached hydrogen (secondary N) is 1. The Kier molecular flexibility index (Phi) is 5.62. The molecule has 0 spiro atoms. The maximum absolute atomic E-state index is 12.7. The van der Waals surface area contributed by atoms with Gasteiger partial charge in [-0.05, 0) is 35.9 Å². The summed E-state index contributed by atoms with van der Waals surface area (Å²) in [4.78, 5) is 14.6. The quantitative estimate of drug-likeness (QED) is 0.835. The first-order chi connectivity index (χ1) is 12.3. The van der Waals surface area contributed by atoms with Gasteiger partial charge >= 0.3 is 0 Å². The molecule has 1 heterocycles. The largest absolute Gasteiger partial charge is 0.310 e. The summed E-state index contributed by atoms with van der Waals surface area (Å²) in [6, 6.07) is 11.9. The van der Waals surface area contributed by atoms with Crippen molar-refractivity contribution < 1.29 is 13.2 Å². The minimum absolute atomic E-state index is 0.0953. The van der Waals surface area contributed by atoms with Gasteiger partial charge in [0.1, 0.15) is 0 Å². The van der Waals surface area contributed by atoms with Crippen molar-refractivity contribution in [2.24, 2.45) is 0 Å². The highest BCUT2D eigenvalue weighted by atomic mass is 35.5. The number of carbonyl (C=O) groups excluding carboxylic acids is 1. The third kappa shape index (κ3) is 4.23. The normalized spacial score (nSPS) is 17.0. The molecule has 0 aromatic heterocycles. The maximum atomic E-state index is 12.7. The monoisotopic (exact) mass is 410 g/mol. The Labute approximate surface area is 162 Å². The van der Waals surface area contributed by atoms with E-state index in [4.69, 9.17) is 11.6 Å². The van der Waals surface area contributed by atoms with Gasteiger partial charge in [-0.2, -0.15) is 0 Å². The van der Waals surface area contributed by atoms with Crippen LogP contribution in [0.2, 0.25) is 5.02 Å². The van der Waals surface area contributed by atoms with Crippen LogP contribution >= 0.6 is 23.4 Å². The minimum atomic E-state index is -3.69. The average Bonchev–Trinajstić information content (AvgIpc) is 2.60. The van der Waals surface area contributed by atoms with Crippen molar-refractivity contribution in [2.75, 3.05) is 11.4 Å². The molecule has 0 radical (unpaired) electrons. The summed E-state index contributed by atoms with van der Waals surface area (Å²) in [5, 5.41) is 0.860. The van der Waals surface area contributed by atoms with E-state index in [0.29, 0.717) is 17.3 Å². The van der Waals surface area contributed by atoms with Crippen molar-refractivity contribution in [2.45, 2.75) is 35.4 Å². The second-order valence-electron chi connectivity index (χ2n) is 6.14. The molecule has 0 bridgehead atoms. The number of hydrogen-bond acceptors (Lipinski definition) is 4. The zero-order chi connectivity index (χ0) is 18.9. The highest BCUT2D eigenvalue weighted by molar-refractivity contribution is 8.00. The first-order valence-corrected chi connectivity index (χ1v) is 10.8. The topological polar surface area (TPSA) is 66.5 Å². The number of anilines is 1. The second-order valence-corrected chi connectivity index (χ2v) is 9.82. The Hall–Kier alpha value is -1.54. The number of carbonyl (C=O) groups is 1. The zero-order valence-electron chi connectivity index (χ0n) is 14.4. The van der Waals surface area contributed by atoms with Gasteiger partial charge < -0.3 is 4.90 Å². The van der Waals surface area contributed by atoms with Crippen LogP contribution in [0, 0.1) is 0 Å². The van der Waals surface area contributed by atoms with Crippen LogP contribution in [-0.4, -0.2) is 26.1 Å². The molecular formula is C18H19ClN2O3S2. The van der Waals surface area contributed by atoms with E-state index in [-0.39, 0.29) is 22.6 Å². The lowest BCUT2D eigenvalue weighted by Crippen LogP contribution is -2.37. The van der Waals surface area contributed by atoms with Gasteiger partial charge in [0.05, 0.1) is 10.6 Å². The van der Waals surface area contributed by atoms with Gasteiger partial charge in [-0.15, -0.1) is 11.8 Å². The standard InChI is InChI=1S/C18H19ClN2O3S2/c1-12-11-21(13(2)22)17-9-16(7-8-18(17)25-12)26(23,24)20-10-14-3-5-15(19)6-4-14/h3-9,12,20H,10-11H2,1-2H3/t12-/m1/s1. The van der Waals surface area contributed by atoms with E-state index in [1.807, 2.05) is 6.92 Å². The summed E-state index contributed by atoms with van der Waals surface area (Å²) in [5.74, 6) is -0.0953. The van der Waals surface area contributed by atoms with Crippen LogP contribution < -0.4 is 9.62 Å². The molecule has 1 aliphatic heterocycles. The van der Waals surface area contributed by atoms with Gasteiger partial charge in [0.25, 0.3) is 0 Å². The molecule has 0 fully saturated rings. The SMILES string of the molecule is CC(=O)N1C[C@@H](C)Sc2ccc(S(=O)(=O)NCc3ccc(Cl)cc3)cc21. The molecule has 1 N–H and O–H groups in total. The van der Waals surface area contributed by atoms with Gasteiger partial charge in [0.15, 0.2) is 0 Å². The molecule has 5 nitrogen and oxygen atoms in total. The Morgan fingerprint density at radius 2 is 1.96 bits per heavy atom. The number of nitrogens with zero attached hydrogens (tertiary/aromatic N) is 1. The van der Waals surface area contributed by atoms with Crippen LogP contribution in [0.15, 0.2) is 52.3 Å². The van der Waals surface area contributed by atoms with E-state index < -0.39 is 10.0 Å². The molecule has 8 heteroatoms. The van der Waals surface area contributed by atoms with Crippen LogP contribution in [-0.2, 0) is 21.4 Å². The number of halogens is 1. The number of hydrogen-bond donors (Lipinski definition) is 1. The fourth-order valence-electron chi connectivity index (χ4n) is 2.75. The average molecular weight is 411 g/mol. The Morgan fingerprint density at radius 1 is 1.27 bits per heavy atom. The maximum Gasteiger partial charge on any atom is 0.240 e. The number of thioether (sulfide) groups is 1. The fourth-order valence-corrected chi connectivity index (χ4v) is 5.00. The molecule has 1 aliphatic rings. The molecule has 3 rings (SSSR count). The predicted octanol–water partition coefficient (Wildman–Crippen LogP) is 3.67. The summed E-state index contributed by atoms with van der Waals surface area (Å²) in [5.41, 5.74) is 1.46. The van der Waals surface area contributed by atoms with Crippen LogP contribution in [0.25, 0.3) is 0 Å². The second kappa shape index (κ2) is 7.60. The van der Waals surface area contributed by atoms with E-state index in [2.05, 4.69) is 4.72 Å². The molecule has 1 amide bonds. The molecule has 138 valence electrons. The van der Waals surface area contributed by atoms with Gasteiger partial charge in [-0.25, -0.2) is 13.1 Å². The predicted molar refractivity (Wildman–Crippen MR) is 105 cm³/mol. The third-order valence-electron chi connectivity index (χ3n) is 4.06. The first-order valence-electron chi connectivity index (χ1n) is 8.09. The van der Waals surface area contributed by atoms with E-state index in [0.717, 1.165) is 10.5 Å². The minimum Gasteiger partial charge on any atom is -0.310 e. The Bertz CT molecular complexity index is 930. The summed E-state index contributed by atoms with van der Waals surface area (Å²) in [6.45, 7) is 4.27. The summed E-state index contributed by atoms with van der Waals surface area (Å²) >= 11 is 7.48. The molecule has 0 aliphatic carbocycles. The molecule has 0 saturated carbocycles. The molecular weight excluding hydrogens is 392 g/mol. The van der Waals surface area contributed by atoms with E-state index >= 15 is 0 Å². The smallest absolute Gasteiger partial charge is 0.240 e. The van der Waals surface area contributed by atoms with Crippen LogP contribution in [0.1, 0.15) is 19.4 Å². The van der Waals surface area contributed by atoms with Crippen LogP contribution in [0.3, 0.4) is 0 Å². The Balaban J connectivity index is 1.85. The van der Waals surface area contributed by atoms with Crippen molar-refractivity contribution in [3.63, 3.8) is 0 Å². The lowest BCUT2D eigenvalue weighted by atomic mass is 10.2. The van der Waals surface area contributed by atoms with Crippen molar-refractivity contribution in [3.8, 4) is 0 Å². The highest BCUT2D eigenvalue weighted by Crippen LogP contribution is 2.39. The molecule has 26 heavy (non-hydrogen) atoms. The highest BCUT2D eigenvalue weighted by Gasteiger charge is 2.27. The number of sulfonamides is 1. The van der Waals surface area contributed by atoms with Crippen molar-refractivity contribution in [3.05, 3.63) is 53.1 Å². The summed E-state index contributed by atoms with van der Waals surface area (Å²) in [6.07, 6.45) is 0. The number of amides is 1. The first kappa shape index (κ1) is 19.2. The van der Waals surface area contributed by atoms with E-state index in [1.54, 1.807) is 59.1 Å². The van der Waals surface area contributed by atoms with E-state index in [9.17, 15) is 13.2 Å². The summed E-state index contributed by atoms with van der Waals surface area (Å²) < 4.78 is 27.9. The van der Waals surface area contributed by atoms with E-state index in [1.165, 1.54) is 6.92 Å². The van der Waals surface area contributed by atoms with Crippen molar-refractivity contribution in [1.29, 1.82) is 0 Å². The zero-order valence-corrected chi connectivity index (χ0v) is 16.8. The number of rotatable bonds is 4. The molecule has 1 atom stereocenters. The van der Waals surface area contributed by atoms with Crippen molar-refractivity contribution in [1.82, 2.24) is 4.72 Å². The van der Waals surface area contributed by atoms with Crippen LogP contribution in [0.4, 0.5) is 5.69 Å². The molecule has 0 saturated heterocycles. The number of fused-ring (bicyclic) bond motifs is 1. The molecule has 2 aromatic rings. The Morgan fingerprint density at radius 3 is 2.62 bits per heavy atom. The lowest BCUT2D eigenvalue weighted by Gasteiger charge is -2.32. The lowest BCUT2D eigenvalue weighted by molar-refractivity contribution is -0.116.